The van der Waals surface area contributed by atoms with Gasteiger partial charge in [-0.25, -0.2) is 9.97 Å². The molecule has 1 aliphatic rings. The number of aromatic nitrogens is 2. The highest BCUT2D eigenvalue weighted by Crippen LogP contribution is 2.47. The van der Waals surface area contributed by atoms with Crippen molar-refractivity contribution in [3.63, 3.8) is 0 Å². The Hall–Kier alpha value is -1.16. The number of hydrogen-bond donors (Lipinski definition) is 1. The number of hydrogen-bond acceptors (Lipinski definition) is 4. The van der Waals surface area contributed by atoms with E-state index < -0.39 is 0 Å². The van der Waals surface area contributed by atoms with Gasteiger partial charge in [-0.05, 0) is 29.7 Å². The van der Waals surface area contributed by atoms with Crippen LogP contribution in [0.3, 0.4) is 0 Å². The van der Waals surface area contributed by atoms with Crippen LogP contribution >= 0.6 is 11.3 Å². The van der Waals surface area contributed by atoms with Gasteiger partial charge in [0.05, 0.1) is 10.2 Å². The summed E-state index contributed by atoms with van der Waals surface area (Å²) in [5.41, 5.74) is 2.74. The van der Waals surface area contributed by atoms with Gasteiger partial charge in [-0.15, -0.1) is 11.3 Å². The normalized spacial score (nSPS) is 22.3. The van der Waals surface area contributed by atoms with Crippen molar-refractivity contribution in [2.24, 2.45) is 5.41 Å². The first-order valence-corrected chi connectivity index (χ1v) is 6.41. The van der Waals surface area contributed by atoms with Gasteiger partial charge in [0, 0.05) is 6.04 Å². The maximum Gasteiger partial charge on any atom is 0.147 e. The van der Waals surface area contributed by atoms with Gasteiger partial charge in [0.2, 0.25) is 0 Å². The Morgan fingerprint density at radius 3 is 2.88 bits per heavy atom. The fourth-order valence-corrected chi connectivity index (χ4v) is 2.91. The third kappa shape index (κ3) is 1.48. The second-order valence-corrected chi connectivity index (χ2v) is 6.09. The zero-order valence-electron chi connectivity index (χ0n) is 9.74. The minimum absolute atomic E-state index is 0.420. The predicted molar refractivity (Wildman–Crippen MR) is 68.0 cm³/mol. The topological polar surface area (TPSA) is 37.8 Å². The summed E-state index contributed by atoms with van der Waals surface area (Å²) in [5.74, 6) is 0.999. The van der Waals surface area contributed by atoms with Gasteiger partial charge in [0.1, 0.15) is 12.1 Å². The molecule has 0 aromatic carbocycles. The van der Waals surface area contributed by atoms with Crippen LogP contribution in [0, 0.1) is 12.3 Å². The number of fused-ring (bicyclic) bond motifs is 1. The maximum atomic E-state index is 4.35. The Morgan fingerprint density at radius 1 is 1.44 bits per heavy atom. The van der Waals surface area contributed by atoms with E-state index in [2.05, 4.69) is 41.4 Å². The summed E-state index contributed by atoms with van der Waals surface area (Å²) in [5, 5.41) is 5.66. The van der Waals surface area contributed by atoms with Gasteiger partial charge in [-0.3, -0.25) is 0 Å². The van der Waals surface area contributed by atoms with E-state index in [1.165, 1.54) is 16.7 Å². The predicted octanol–water partition coefficient (Wildman–Crippen LogP) is 3.21. The van der Waals surface area contributed by atoms with E-state index in [-0.39, 0.29) is 0 Å². The zero-order chi connectivity index (χ0) is 11.3. The lowest BCUT2D eigenvalue weighted by molar-refractivity contribution is 0.630. The molecule has 2 aromatic heterocycles. The number of rotatable bonds is 2. The van der Waals surface area contributed by atoms with Crippen LogP contribution in [0.2, 0.25) is 0 Å². The van der Waals surface area contributed by atoms with Crippen molar-refractivity contribution >= 4 is 27.4 Å². The molecular weight excluding hydrogens is 218 g/mol. The Labute approximate surface area is 98.9 Å². The van der Waals surface area contributed by atoms with E-state index in [4.69, 9.17) is 0 Å². The highest BCUT2D eigenvalue weighted by atomic mass is 32.1. The summed E-state index contributed by atoms with van der Waals surface area (Å²) in [7, 11) is 0. The minimum Gasteiger partial charge on any atom is -0.365 e. The van der Waals surface area contributed by atoms with Crippen LogP contribution in [0.1, 0.15) is 25.8 Å². The maximum absolute atomic E-state index is 4.35. The monoisotopic (exact) mass is 233 g/mol. The van der Waals surface area contributed by atoms with Crippen LogP contribution in [0.5, 0.6) is 0 Å². The fourth-order valence-electron chi connectivity index (χ4n) is 1.95. The van der Waals surface area contributed by atoms with E-state index in [0.29, 0.717) is 11.5 Å². The summed E-state index contributed by atoms with van der Waals surface area (Å²) in [6.45, 7) is 6.65. The molecule has 0 amide bonds. The average Bonchev–Trinajstić information content (AvgIpc) is 2.67. The van der Waals surface area contributed by atoms with Crippen molar-refractivity contribution in [3.8, 4) is 0 Å². The lowest BCUT2D eigenvalue weighted by Crippen LogP contribution is -2.09. The van der Waals surface area contributed by atoms with E-state index >= 15 is 0 Å². The summed E-state index contributed by atoms with van der Waals surface area (Å²) < 4.78 is 1.18. The Bertz CT molecular complexity index is 544. The minimum atomic E-state index is 0.420. The molecule has 1 saturated carbocycles. The molecule has 16 heavy (non-hydrogen) atoms. The van der Waals surface area contributed by atoms with Gasteiger partial charge in [0.15, 0.2) is 0 Å². The molecule has 1 unspecified atom stereocenters. The van der Waals surface area contributed by atoms with Crippen molar-refractivity contribution in [1.82, 2.24) is 9.97 Å². The second-order valence-electron chi connectivity index (χ2n) is 5.21. The number of nitrogens with one attached hydrogen (secondary N) is 1. The van der Waals surface area contributed by atoms with Gasteiger partial charge < -0.3 is 5.32 Å². The van der Waals surface area contributed by atoms with Gasteiger partial charge >= 0.3 is 0 Å². The summed E-state index contributed by atoms with van der Waals surface area (Å²) >= 11 is 1.72. The van der Waals surface area contributed by atoms with Crippen molar-refractivity contribution in [2.75, 3.05) is 5.32 Å². The molecule has 1 fully saturated rings. The van der Waals surface area contributed by atoms with Crippen molar-refractivity contribution in [1.29, 1.82) is 0 Å². The quantitative estimate of drug-likeness (QED) is 0.865. The molecule has 0 bridgehead atoms. The molecule has 0 saturated heterocycles. The third-order valence-electron chi connectivity index (χ3n) is 3.36. The van der Waals surface area contributed by atoms with Crippen molar-refractivity contribution in [3.05, 3.63) is 17.3 Å². The summed E-state index contributed by atoms with van der Waals surface area (Å²) in [6.07, 6.45) is 2.88. The van der Waals surface area contributed by atoms with Crippen LogP contribution < -0.4 is 5.32 Å². The van der Waals surface area contributed by atoms with Crippen LogP contribution in [0.4, 0.5) is 5.82 Å². The van der Waals surface area contributed by atoms with Crippen LogP contribution in [-0.2, 0) is 0 Å². The SMILES string of the molecule is Cc1csc2c(NC3CC3(C)C)ncnc12. The molecule has 0 radical (unpaired) electrons. The molecule has 3 rings (SSSR count). The standard InChI is InChI=1S/C12H15N3S/c1-7-5-16-10-9(7)13-6-14-11(10)15-8-4-12(8,2)3/h5-6,8H,4H2,1-3H3,(H,13,14,15). The molecular formula is C12H15N3S. The molecule has 84 valence electrons. The van der Waals surface area contributed by atoms with Gasteiger partial charge in [-0.2, -0.15) is 0 Å². The molecule has 0 spiro atoms. The molecule has 2 aromatic rings. The lowest BCUT2D eigenvalue weighted by Gasteiger charge is -2.07. The molecule has 4 heteroatoms. The Morgan fingerprint density at radius 2 is 2.19 bits per heavy atom. The van der Waals surface area contributed by atoms with E-state index in [0.717, 1.165) is 11.3 Å². The molecule has 1 atom stereocenters. The molecule has 2 heterocycles. The summed E-state index contributed by atoms with van der Waals surface area (Å²) in [6, 6.07) is 0.563. The van der Waals surface area contributed by atoms with E-state index in [1.807, 2.05) is 0 Å². The highest BCUT2D eigenvalue weighted by Gasteiger charge is 2.46. The van der Waals surface area contributed by atoms with Crippen molar-refractivity contribution in [2.45, 2.75) is 33.2 Å². The second kappa shape index (κ2) is 3.17. The molecule has 3 nitrogen and oxygen atoms in total. The van der Waals surface area contributed by atoms with Crippen molar-refractivity contribution < 1.29 is 0 Å². The highest BCUT2D eigenvalue weighted by molar-refractivity contribution is 7.18. The number of thiophene rings is 1. The molecule has 1 N–H and O–H groups in total. The Balaban J connectivity index is 1.98. The van der Waals surface area contributed by atoms with Gasteiger partial charge in [0.25, 0.3) is 0 Å². The van der Waals surface area contributed by atoms with Crippen LogP contribution in [-0.4, -0.2) is 16.0 Å². The van der Waals surface area contributed by atoms with Crippen LogP contribution in [0.15, 0.2) is 11.7 Å². The molecule has 0 aliphatic heterocycles. The first-order valence-electron chi connectivity index (χ1n) is 5.53. The third-order valence-corrected chi connectivity index (χ3v) is 4.45. The lowest BCUT2D eigenvalue weighted by atomic mass is 10.2. The number of aryl methyl sites for hydroxylation is 1. The first-order chi connectivity index (χ1) is 7.58. The van der Waals surface area contributed by atoms with E-state index in [1.54, 1.807) is 17.7 Å². The first kappa shape index (κ1) is 10.0. The largest absolute Gasteiger partial charge is 0.365 e. The smallest absolute Gasteiger partial charge is 0.147 e. The van der Waals surface area contributed by atoms with Gasteiger partial charge in [-0.1, -0.05) is 13.8 Å². The summed E-state index contributed by atoms with van der Waals surface area (Å²) in [4.78, 5) is 8.68. The Kier molecular flexibility index (Phi) is 1.98. The fraction of sp³-hybridized carbons (Fsp3) is 0.500. The average molecular weight is 233 g/mol. The zero-order valence-corrected chi connectivity index (χ0v) is 10.6. The van der Waals surface area contributed by atoms with Crippen LogP contribution in [0.25, 0.3) is 10.2 Å². The van der Waals surface area contributed by atoms with E-state index in [9.17, 15) is 0 Å². The number of anilines is 1. The molecule has 1 aliphatic carbocycles. The number of nitrogens with zero attached hydrogens (tertiary/aromatic N) is 2.